The molecule has 0 atom stereocenters. The number of rotatable bonds is 6. The van der Waals surface area contributed by atoms with E-state index >= 15 is 0 Å². The minimum absolute atomic E-state index is 0.0850. The van der Waals surface area contributed by atoms with E-state index in [4.69, 9.17) is 9.47 Å². The average molecular weight is 366 g/mol. The van der Waals surface area contributed by atoms with Gasteiger partial charge >= 0.3 is 0 Å². The highest BCUT2D eigenvalue weighted by Crippen LogP contribution is 2.34. The molecular weight excluding hydrogens is 346 g/mol. The molecule has 0 bridgehead atoms. The average Bonchev–Trinajstić information content (AvgIpc) is 2.47. The van der Waals surface area contributed by atoms with Gasteiger partial charge in [0.2, 0.25) is 0 Å². The van der Waals surface area contributed by atoms with E-state index < -0.39 is 0 Å². The zero-order valence-corrected chi connectivity index (χ0v) is 14.5. The molecule has 4 nitrogen and oxygen atoms in total. The van der Waals surface area contributed by atoms with Crippen molar-refractivity contribution in [2.24, 2.45) is 0 Å². The van der Waals surface area contributed by atoms with Crippen LogP contribution in [0.5, 0.6) is 17.2 Å². The Bertz CT molecular complexity index is 627. The summed E-state index contributed by atoms with van der Waals surface area (Å²) in [6.45, 7) is 4.59. The summed E-state index contributed by atoms with van der Waals surface area (Å²) in [4.78, 5) is 0. The van der Waals surface area contributed by atoms with Gasteiger partial charge in [0.05, 0.1) is 13.2 Å². The molecular formula is C17H20BrNO3. The van der Waals surface area contributed by atoms with Gasteiger partial charge in [0.1, 0.15) is 5.75 Å². The standard InChI is InChI=1S/C17H20BrNO3/c1-11(2)22-17-9-15(18)12(8-16(17)21-3)10-19-13-4-6-14(20)7-5-13/h4-9,11,19-20H,10H2,1-3H3. The summed E-state index contributed by atoms with van der Waals surface area (Å²) in [6, 6.07) is 10.8. The Kier molecular flexibility index (Phi) is 5.55. The van der Waals surface area contributed by atoms with Crippen LogP contribution < -0.4 is 14.8 Å². The van der Waals surface area contributed by atoms with Gasteiger partial charge in [0.15, 0.2) is 11.5 Å². The molecule has 0 heterocycles. The SMILES string of the molecule is COc1cc(CNc2ccc(O)cc2)c(Br)cc1OC(C)C. The number of hydrogen-bond donors (Lipinski definition) is 2. The summed E-state index contributed by atoms with van der Waals surface area (Å²) >= 11 is 3.57. The molecule has 0 aliphatic carbocycles. The third-order valence-electron chi connectivity index (χ3n) is 3.05. The van der Waals surface area contributed by atoms with Crippen molar-refractivity contribution in [3.8, 4) is 17.2 Å². The number of halogens is 1. The lowest BCUT2D eigenvalue weighted by atomic mass is 10.2. The van der Waals surface area contributed by atoms with Crippen molar-refractivity contribution < 1.29 is 14.6 Å². The van der Waals surface area contributed by atoms with Crippen molar-refractivity contribution in [3.05, 3.63) is 46.4 Å². The summed E-state index contributed by atoms with van der Waals surface area (Å²) in [5.74, 6) is 1.68. The first-order valence-corrected chi connectivity index (χ1v) is 7.85. The third-order valence-corrected chi connectivity index (χ3v) is 3.78. The first-order chi connectivity index (χ1) is 10.5. The lowest BCUT2D eigenvalue weighted by molar-refractivity contribution is 0.230. The van der Waals surface area contributed by atoms with Gasteiger partial charge in [-0.25, -0.2) is 0 Å². The number of hydrogen-bond acceptors (Lipinski definition) is 4. The number of methoxy groups -OCH3 is 1. The van der Waals surface area contributed by atoms with Crippen molar-refractivity contribution in [3.63, 3.8) is 0 Å². The van der Waals surface area contributed by atoms with Crippen LogP contribution >= 0.6 is 15.9 Å². The van der Waals surface area contributed by atoms with Crippen molar-refractivity contribution in [1.29, 1.82) is 0 Å². The molecule has 0 aliphatic heterocycles. The van der Waals surface area contributed by atoms with Gasteiger partial charge in [0, 0.05) is 16.7 Å². The number of phenols is 1. The van der Waals surface area contributed by atoms with E-state index in [2.05, 4.69) is 21.2 Å². The molecule has 0 aromatic heterocycles. The fourth-order valence-electron chi connectivity index (χ4n) is 1.99. The molecule has 0 radical (unpaired) electrons. The molecule has 0 saturated carbocycles. The largest absolute Gasteiger partial charge is 0.508 e. The minimum Gasteiger partial charge on any atom is -0.508 e. The highest BCUT2D eigenvalue weighted by molar-refractivity contribution is 9.10. The lowest BCUT2D eigenvalue weighted by Crippen LogP contribution is -2.08. The van der Waals surface area contributed by atoms with E-state index in [0.717, 1.165) is 21.5 Å². The van der Waals surface area contributed by atoms with Crippen molar-refractivity contribution in [1.82, 2.24) is 0 Å². The quantitative estimate of drug-likeness (QED) is 0.736. The van der Waals surface area contributed by atoms with Gasteiger partial charge < -0.3 is 19.9 Å². The van der Waals surface area contributed by atoms with Gasteiger partial charge in [-0.1, -0.05) is 15.9 Å². The Morgan fingerprint density at radius 3 is 2.41 bits per heavy atom. The molecule has 5 heteroatoms. The molecule has 0 spiro atoms. The highest BCUT2D eigenvalue weighted by atomic mass is 79.9. The third kappa shape index (κ3) is 4.31. The second-order valence-corrected chi connectivity index (χ2v) is 6.02. The smallest absolute Gasteiger partial charge is 0.162 e. The Balaban J connectivity index is 2.15. The van der Waals surface area contributed by atoms with E-state index in [0.29, 0.717) is 12.3 Å². The minimum atomic E-state index is 0.0850. The Morgan fingerprint density at radius 1 is 1.14 bits per heavy atom. The van der Waals surface area contributed by atoms with E-state index in [9.17, 15) is 5.11 Å². The Labute approximate surface area is 139 Å². The molecule has 0 saturated heterocycles. The molecule has 2 aromatic carbocycles. The summed E-state index contributed by atoms with van der Waals surface area (Å²) < 4.78 is 12.1. The maximum atomic E-state index is 9.29. The highest BCUT2D eigenvalue weighted by Gasteiger charge is 2.11. The van der Waals surface area contributed by atoms with Gasteiger partial charge in [-0.2, -0.15) is 0 Å². The topological polar surface area (TPSA) is 50.7 Å². The number of benzene rings is 2. The molecule has 22 heavy (non-hydrogen) atoms. The van der Waals surface area contributed by atoms with Crippen molar-refractivity contribution in [2.75, 3.05) is 12.4 Å². The van der Waals surface area contributed by atoms with Crippen LogP contribution in [-0.2, 0) is 6.54 Å². The van der Waals surface area contributed by atoms with E-state index in [1.54, 1.807) is 19.2 Å². The van der Waals surface area contributed by atoms with Gasteiger partial charge in [0.25, 0.3) is 0 Å². The second kappa shape index (κ2) is 7.40. The van der Waals surface area contributed by atoms with Crippen molar-refractivity contribution >= 4 is 21.6 Å². The summed E-state index contributed by atoms with van der Waals surface area (Å²) in [5, 5.41) is 12.6. The summed E-state index contributed by atoms with van der Waals surface area (Å²) in [6.07, 6.45) is 0.0850. The zero-order chi connectivity index (χ0) is 16.1. The molecule has 0 aliphatic rings. The van der Waals surface area contributed by atoms with Crippen LogP contribution in [0.25, 0.3) is 0 Å². The summed E-state index contributed by atoms with van der Waals surface area (Å²) in [5.41, 5.74) is 1.99. The van der Waals surface area contributed by atoms with Crippen LogP contribution in [0.3, 0.4) is 0 Å². The monoisotopic (exact) mass is 365 g/mol. The van der Waals surface area contributed by atoms with Crippen LogP contribution in [0.2, 0.25) is 0 Å². The number of nitrogens with one attached hydrogen (secondary N) is 1. The van der Waals surface area contributed by atoms with Gasteiger partial charge in [-0.05, 0) is 55.8 Å². The van der Waals surface area contributed by atoms with Crippen LogP contribution in [-0.4, -0.2) is 18.3 Å². The first kappa shape index (κ1) is 16.5. The maximum Gasteiger partial charge on any atom is 0.162 e. The van der Waals surface area contributed by atoms with Crippen molar-refractivity contribution in [2.45, 2.75) is 26.5 Å². The fourth-order valence-corrected chi connectivity index (χ4v) is 2.46. The second-order valence-electron chi connectivity index (χ2n) is 5.16. The lowest BCUT2D eigenvalue weighted by Gasteiger charge is -2.16. The summed E-state index contributed by atoms with van der Waals surface area (Å²) in [7, 11) is 1.63. The number of phenolic OH excluding ortho intramolecular Hbond substituents is 1. The molecule has 2 rings (SSSR count). The first-order valence-electron chi connectivity index (χ1n) is 7.05. The molecule has 0 fully saturated rings. The number of anilines is 1. The number of aromatic hydroxyl groups is 1. The van der Waals surface area contributed by atoms with E-state index in [1.165, 1.54) is 0 Å². The van der Waals surface area contributed by atoms with Crippen LogP contribution in [0.4, 0.5) is 5.69 Å². The number of ether oxygens (including phenoxy) is 2. The molecule has 0 amide bonds. The van der Waals surface area contributed by atoms with Gasteiger partial charge in [-0.3, -0.25) is 0 Å². The van der Waals surface area contributed by atoms with E-state index in [-0.39, 0.29) is 11.9 Å². The molecule has 2 N–H and O–H groups in total. The Morgan fingerprint density at radius 2 is 1.82 bits per heavy atom. The predicted molar refractivity (Wildman–Crippen MR) is 91.9 cm³/mol. The predicted octanol–water partition coefficient (Wildman–Crippen LogP) is 4.56. The fraction of sp³-hybridized carbons (Fsp3) is 0.294. The van der Waals surface area contributed by atoms with Gasteiger partial charge in [-0.15, -0.1) is 0 Å². The van der Waals surface area contributed by atoms with E-state index in [1.807, 2.05) is 38.1 Å². The molecule has 118 valence electrons. The maximum absolute atomic E-state index is 9.29. The van der Waals surface area contributed by atoms with Crippen LogP contribution in [0.15, 0.2) is 40.9 Å². The van der Waals surface area contributed by atoms with Crippen LogP contribution in [0, 0.1) is 0 Å². The Hall–Kier alpha value is -1.88. The zero-order valence-electron chi connectivity index (χ0n) is 12.9. The molecule has 0 unspecified atom stereocenters. The van der Waals surface area contributed by atoms with Crippen LogP contribution in [0.1, 0.15) is 19.4 Å². The normalized spacial score (nSPS) is 10.6. The molecule has 2 aromatic rings.